The molecule has 148 valence electrons. The Morgan fingerprint density at radius 2 is 2.07 bits per heavy atom. The van der Waals surface area contributed by atoms with Crippen LogP contribution in [0.15, 0.2) is 70.4 Å². The predicted molar refractivity (Wildman–Crippen MR) is 114 cm³/mol. The third-order valence-corrected chi connectivity index (χ3v) is 5.62. The number of hydrogen-bond donors (Lipinski definition) is 0. The molecule has 2 aromatic carbocycles. The van der Waals surface area contributed by atoms with Gasteiger partial charge in [0.2, 0.25) is 0 Å². The van der Waals surface area contributed by atoms with Crippen LogP contribution in [0.5, 0.6) is 0 Å². The number of thioether (sulfide) groups is 1. The Bertz CT molecular complexity index is 1130. The minimum absolute atomic E-state index is 0.330. The van der Waals surface area contributed by atoms with Crippen LogP contribution >= 0.6 is 11.8 Å². The summed E-state index contributed by atoms with van der Waals surface area (Å²) in [6.45, 7) is 4.82. The molecule has 0 spiro atoms. The summed E-state index contributed by atoms with van der Waals surface area (Å²) in [5, 5.41) is 0.888. The molecule has 0 bridgehead atoms. The lowest BCUT2D eigenvalue weighted by atomic mass is 10.2. The van der Waals surface area contributed by atoms with Gasteiger partial charge < -0.3 is 13.7 Å². The molecule has 0 unspecified atom stereocenters. The summed E-state index contributed by atoms with van der Waals surface area (Å²) >= 11 is 1.67. The fourth-order valence-electron chi connectivity index (χ4n) is 3.22. The number of rotatable bonds is 7. The molecule has 0 aliphatic carbocycles. The van der Waals surface area contributed by atoms with Crippen LogP contribution < -0.4 is 0 Å². The highest BCUT2D eigenvalue weighted by molar-refractivity contribution is 7.98. The largest absolute Gasteiger partial charge is 0.467 e. The Balaban J connectivity index is 1.68. The monoisotopic (exact) mass is 406 g/mol. The molecule has 0 amide bonds. The molecule has 0 saturated heterocycles. The van der Waals surface area contributed by atoms with Gasteiger partial charge in [-0.2, -0.15) is 0 Å². The Kier molecular flexibility index (Phi) is 5.71. The van der Waals surface area contributed by atoms with E-state index >= 15 is 0 Å². The summed E-state index contributed by atoms with van der Waals surface area (Å²) in [5.41, 5.74) is 4.73. The second-order valence-corrected chi connectivity index (χ2v) is 7.70. The Labute approximate surface area is 173 Å². The quantitative estimate of drug-likeness (QED) is 0.301. The third-order valence-electron chi connectivity index (χ3n) is 4.57. The Morgan fingerprint density at radius 1 is 1.17 bits per heavy atom. The number of furan rings is 1. The van der Waals surface area contributed by atoms with Crippen LogP contribution in [0.4, 0.5) is 0 Å². The summed E-state index contributed by atoms with van der Waals surface area (Å²) < 4.78 is 12.8. The van der Waals surface area contributed by atoms with Crippen molar-refractivity contribution in [3.8, 4) is 0 Å². The second-order valence-electron chi connectivity index (χ2n) is 6.76. The van der Waals surface area contributed by atoms with Crippen molar-refractivity contribution in [3.63, 3.8) is 0 Å². The van der Waals surface area contributed by atoms with E-state index in [0.717, 1.165) is 27.7 Å². The molecule has 6 heteroatoms. The average Bonchev–Trinajstić information content (AvgIpc) is 3.35. The molecule has 0 fully saturated rings. The first-order valence-corrected chi connectivity index (χ1v) is 10.5. The molecule has 0 N–H and O–H groups in total. The van der Waals surface area contributed by atoms with Crippen LogP contribution in [0, 0.1) is 6.92 Å². The maximum atomic E-state index is 12.1. The molecule has 5 nitrogen and oxygen atoms in total. The summed E-state index contributed by atoms with van der Waals surface area (Å²) in [6, 6.07) is 17.8. The zero-order valence-electron chi connectivity index (χ0n) is 16.4. The highest BCUT2D eigenvalue weighted by Crippen LogP contribution is 2.29. The van der Waals surface area contributed by atoms with Crippen LogP contribution in [0.2, 0.25) is 0 Å². The number of benzene rings is 2. The lowest BCUT2D eigenvalue weighted by molar-refractivity contribution is 0.0526. The van der Waals surface area contributed by atoms with E-state index in [1.54, 1.807) is 37.1 Å². The number of carbonyl (C=O) groups is 1. The number of hydrogen-bond acceptors (Lipinski definition) is 5. The zero-order chi connectivity index (χ0) is 20.2. The van der Waals surface area contributed by atoms with Crippen molar-refractivity contribution in [1.82, 2.24) is 9.55 Å². The van der Waals surface area contributed by atoms with E-state index in [1.165, 1.54) is 11.1 Å². The first kappa shape index (κ1) is 19.3. The van der Waals surface area contributed by atoms with Gasteiger partial charge >= 0.3 is 5.97 Å². The average molecular weight is 407 g/mol. The van der Waals surface area contributed by atoms with Gasteiger partial charge in [-0.15, -0.1) is 0 Å². The highest BCUT2D eigenvalue weighted by Gasteiger charge is 2.16. The molecular weight excluding hydrogens is 384 g/mol. The minimum atomic E-state index is -0.330. The summed E-state index contributed by atoms with van der Waals surface area (Å²) in [4.78, 5) is 16.9. The molecule has 0 atom stereocenters. The second kappa shape index (κ2) is 8.57. The van der Waals surface area contributed by atoms with Gasteiger partial charge in [-0.25, -0.2) is 9.78 Å². The SMILES string of the molecule is CCOC(=O)c1ccc2c(c1)nc(SCc1cccc(C)c1)n2Cc1ccco1. The molecule has 0 radical (unpaired) electrons. The van der Waals surface area contributed by atoms with Crippen molar-refractivity contribution in [2.75, 3.05) is 6.61 Å². The number of imidazole rings is 1. The van der Waals surface area contributed by atoms with Crippen LogP contribution in [0.1, 0.15) is 34.2 Å². The van der Waals surface area contributed by atoms with Gasteiger partial charge in [-0.1, -0.05) is 41.6 Å². The van der Waals surface area contributed by atoms with E-state index in [0.29, 0.717) is 18.7 Å². The molecule has 2 aromatic heterocycles. The molecule has 4 rings (SSSR count). The number of aromatic nitrogens is 2. The molecular formula is C23H22N2O3S. The van der Waals surface area contributed by atoms with Gasteiger partial charge in [0.25, 0.3) is 0 Å². The van der Waals surface area contributed by atoms with Gasteiger partial charge in [-0.05, 0) is 49.7 Å². The molecule has 0 aliphatic heterocycles. The number of nitrogens with zero attached hydrogens (tertiary/aromatic N) is 2. The van der Waals surface area contributed by atoms with Crippen molar-refractivity contribution in [1.29, 1.82) is 0 Å². The van der Waals surface area contributed by atoms with E-state index in [9.17, 15) is 4.79 Å². The first-order valence-electron chi connectivity index (χ1n) is 9.52. The van der Waals surface area contributed by atoms with Crippen molar-refractivity contribution < 1.29 is 13.9 Å². The van der Waals surface area contributed by atoms with Crippen LogP contribution in [-0.4, -0.2) is 22.1 Å². The van der Waals surface area contributed by atoms with E-state index < -0.39 is 0 Å². The fourth-order valence-corrected chi connectivity index (χ4v) is 4.18. The van der Waals surface area contributed by atoms with Crippen LogP contribution in [0.25, 0.3) is 11.0 Å². The fraction of sp³-hybridized carbons (Fsp3) is 0.217. The van der Waals surface area contributed by atoms with Gasteiger partial charge in [0.15, 0.2) is 5.16 Å². The predicted octanol–water partition coefficient (Wildman–Crippen LogP) is 5.46. The topological polar surface area (TPSA) is 57.3 Å². The molecule has 29 heavy (non-hydrogen) atoms. The molecule has 4 aromatic rings. The van der Waals surface area contributed by atoms with Crippen molar-refractivity contribution in [3.05, 3.63) is 83.3 Å². The normalized spacial score (nSPS) is 11.1. The van der Waals surface area contributed by atoms with E-state index in [-0.39, 0.29) is 5.97 Å². The number of fused-ring (bicyclic) bond motifs is 1. The molecule has 2 heterocycles. The van der Waals surface area contributed by atoms with E-state index in [4.69, 9.17) is 14.1 Å². The third kappa shape index (κ3) is 4.38. The Morgan fingerprint density at radius 3 is 2.83 bits per heavy atom. The van der Waals surface area contributed by atoms with Crippen molar-refractivity contribution in [2.24, 2.45) is 0 Å². The van der Waals surface area contributed by atoms with Gasteiger partial charge in [0.05, 0.1) is 36.0 Å². The summed E-state index contributed by atoms with van der Waals surface area (Å²) in [6.07, 6.45) is 1.67. The highest BCUT2D eigenvalue weighted by atomic mass is 32.2. The minimum Gasteiger partial charge on any atom is -0.467 e. The number of esters is 1. The van der Waals surface area contributed by atoms with Gasteiger partial charge in [-0.3, -0.25) is 0 Å². The number of carbonyl (C=O) groups excluding carboxylic acids is 1. The van der Waals surface area contributed by atoms with Crippen molar-refractivity contribution >= 4 is 28.8 Å². The number of aryl methyl sites for hydroxylation is 1. The van der Waals surface area contributed by atoms with E-state index in [2.05, 4.69) is 35.8 Å². The van der Waals surface area contributed by atoms with Crippen LogP contribution in [-0.2, 0) is 17.0 Å². The lowest BCUT2D eigenvalue weighted by Gasteiger charge is -2.08. The first-order chi connectivity index (χ1) is 14.1. The molecule has 0 saturated carbocycles. The van der Waals surface area contributed by atoms with Crippen LogP contribution in [0.3, 0.4) is 0 Å². The molecule has 0 aliphatic rings. The summed E-state index contributed by atoms with van der Waals surface area (Å²) in [5.74, 6) is 1.34. The maximum Gasteiger partial charge on any atom is 0.338 e. The van der Waals surface area contributed by atoms with Crippen molar-refractivity contribution in [2.45, 2.75) is 31.3 Å². The smallest absolute Gasteiger partial charge is 0.338 e. The zero-order valence-corrected chi connectivity index (χ0v) is 17.2. The van der Waals surface area contributed by atoms with Gasteiger partial charge in [0.1, 0.15) is 5.76 Å². The summed E-state index contributed by atoms with van der Waals surface area (Å²) in [7, 11) is 0. The maximum absolute atomic E-state index is 12.1. The lowest BCUT2D eigenvalue weighted by Crippen LogP contribution is -2.04. The number of ether oxygens (including phenoxy) is 1. The Hall–Kier alpha value is -2.99. The van der Waals surface area contributed by atoms with E-state index in [1.807, 2.05) is 18.2 Å². The standard InChI is InChI=1S/C23H22N2O3S/c1-3-27-22(26)18-9-10-21-20(13-18)24-23(25(21)14-19-8-5-11-28-19)29-15-17-7-4-6-16(2)12-17/h4-13H,3,14-15H2,1-2H3. The van der Waals surface area contributed by atoms with Gasteiger partial charge in [0, 0.05) is 5.75 Å².